The third-order valence-electron chi connectivity index (χ3n) is 5.81. The molecule has 3 heterocycles. The highest BCUT2D eigenvalue weighted by atomic mass is 16.5. The van der Waals surface area contributed by atoms with Gasteiger partial charge in [0.05, 0.1) is 12.5 Å². The van der Waals surface area contributed by atoms with Crippen molar-refractivity contribution in [1.29, 1.82) is 0 Å². The third-order valence-corrected chi connectivity index (χ3v) is 5.81. The number of amides is 2. The van der Waals surface area contributed by atoms with Gasteiger partial charge >= 0.3 is 0 Å². The predicted molar refractivity (Wildman–Crippen MR) is 95.3 cm³/mol. The van der Waals surface area contributed by atoms with E-state index in [9.17, 15) is 9.59 Å². The molecule has 0 aliphatic carbocycles. The summed E-state index contributed by atoms with van der Waals surface area (Å²) in [5.74, 6) is 0.120. The lowest BCUT2D eigenvalue weighted by atomic mass is 10.1. The van der Waals surface area contributed by atoms with E-state index in [4.69, 9.17) is 4.74 Å². The standard InChI is InChI=1S/C18H32N4O3/c1-2-20-9-6-19-18(24)16(20)14-17(23)22-8-3-7-21(10-11-22)15-4-12-25-13-5-15/h15-16H,2-14H2,1H3,(H,19,24). The van der Waals surface area contributed by atoms with Gasteiger partial charge in [0.15, 0.2) is 0 Å². The third kappa shape index (κ3) is 4.71. The normalized spacial score (nSPS) is 27.8. The largest absolute Gasteiger partial charge is 0.381 e. The van der Waals surface area contributed by atoms with Crippen molar-refractivity contribution in [2.24, 2.45) is 0 Å². The lowest BCUT2D eigenvalue weighted by Gasteiger charge is -2.35. The Morgan fingerprint density at radius 2 is 1.96 bits per heavy atom. The fourth-order valence-corrected chi connectivity index (χ4v) is 4.26. The Bertz CT molecular complexity index is 467. The summed E-state index contributed by atoms with van der Waals surface area (Å²) in [6.45, 7) is 9.65. The number of carbonyl (C=O) groups excluding carboxylic acids is 2. The zero-order chi connectivity index (χ0) is 17.6. The first-order chi connectivity index (χ1) is 12.2. The average Bonchev–Trinajstić information content (AvgIpc) is 2.90. The van der Waals surface area contributed by atoms with Gasteiger partial charge in [-0.25, -0.2) is 0 Å². The minimum atomic E-state index is -0.305. The Labute approximate surface area is 150 Å². The van der Waals surface area contributed by atoms with Crippen molar-refractivity contribution in [2.75, 3.05) is 59.0 Å². The maximum absolute atomic E-state index is 12.8. The molecule has 0 radical (unpaired) electrons. The molecule has 0 aromatic rings. The van der Waals surface area contributed by atoms with Crippen LogP contribution >= 0.6 is 0 Å². The minimum Gasteiger partial charge on any atom is -0.381 e. The van der Waals surface area contributed by atoms with Gasteiger partial charge in [-0.3, -0.25) is 19.4 Å². The minimum absolute atomic E-state index is 0.0000964. The second-order valence-electron chi connectivity index (χ2n) is 7.25. The van der Waals surface area contributed by atoms with Crippen molar-refractivity contribution in [3.63, 3.8) is 0 Å². The van der Waals surface area contributed by atoms with Gasteiger partial charge in [0, 0.05) is 58.5 Å². The van der Waals surface area contributed by atoms with Gasteiger partial charge in [0.25, 0.3) is 0 Å². The number of nitrogens with zero attached hydrogens (tertiary/aromatic N) is 3. The SMILES string of the molecule is CCN1CCNC(=O)C1CC(=O)N1CCCN(C2CCOCC2)CC1. The van der Waals surface area contributed by atoms with Gasteiger partial charge in [0.2, 0.25) is 11.8 Å². The molecule has 142 valence electrons. The van der Waals surface area contributed by atoms with Crippen LogP contribution in [0, 0.1) is 0 Å². The quantitative estimate of drug-likeness (QED) is 0.766. The lowest BCUT2D eigenvalue weighted by molar-refractivity contribution is -0.138. The summed E-state index contributed by atoms with van der Waals surface area (Å²) in [5, 5.41) is 2.90. The summed E-state index contributed by atoms with van der Waals surface area (Å²) < 4.78 is 5.46. The molecule has 0 spiro atoms. The molecular formula is C18H32N4O3. The number of rotatable bonds is 4. The summed E-state index contributed by atoms with van der Waals surface area (Å²) in [7, 11) is 0. The maximum Gasteiger partial charge on any atom is 0.237 e. The Hall–Kier alpha value is -1.18. The van der Waals surface area contributed by atoms with Crippen LogP contribution in [0.3, 0.4) is 0 Å². The fraction of sp³-hybridized carbons (Fsp3) is 0.889. The van der Waals surface area contributed by atoms with Crippen LogP contribution in [0.25, 0.3) is 0 Å². The van der Waals surface area contributed by atoms with Gasteiger partial charge in [-0.15, -0.1) is 0 Å². The topological polar surface area (TPSA) is 65.1 Å². The molecule has 0 bridgehead atoms. The zero-order valence-corrected chi connectivity index (χ0v) is 15.4. The first-order valence-corrected chi connectivity index (χ1v) is 9.80. The molecule has 0 aromatic carbocycles. The first-order valence-electron chi connectivity index (χ1n) is 9.80. The zero-order valence-electron chi connectivity index (χ0n) is 15.4. The summed E-state index contributed by atoms with van der Waals surface area (Å²) in [6.07, 6.45) is 3.51. The van der Waals surface area contributed by atoms with Crippen molar-refractivity contribution in [2.45, 2.75) is 44.7 Å². The van der Waals surface area contributed by atoms with Crippen LogP contribution in [0.5, 0.6) is 0 Å². The van der Waals surface area contributed by atoms with Crippen molar-refractivity contribution >= 4 is 11.8 Å². The number of nitrogens with one attached hydrogen (secondary N) is 1. The van der Waals surface area contributed by atoms with E-state index in [1.807, 2.05) is 11.8 Å². The van der Waals surface area contributed by atoms with Crippen molar-refractivity contribution < 1.29 is 14.3 Å². The molecule has 0 saturated carbocycles. The van der Waals surface area contributed by atoms with E-state index in [2.05, 4.69) is 15.1 Å². The summed E-state index contributed by atoms with van der Waals surface area (Å²) in [5.41, 5.74) is 0. The molecule has 0 aromatic heterocycles. The molecule has 2 amide bonds. The number of hydrogen-bond donors (Lipinski definition) is 1. The van der Waals surface area contributed by atoms with E-state index in [0.717, 1.165) is 71.7 Å². The number of ether oxygens (including phenoxy) is 1. The molecule has 7 nitrogen and oxygen atoms in total. The highest BCUT2D eigenvalue weighted by Gasteiger charge is 2.33. The molecule has 7 heteroatoms. The number of likely N-dealkylation sites (N-methyl/N-ethyl adjacent to an activating group) is 1. The lowest BCUT2D eigenvalue weighted by Crippen LogP contribution is -2.56. The van der Waals surface area contributed by atoms with Crippen molar-refractivity contribution in [1.82, 2.24) is 20.0 Å². The van der Waals surface area contributed by atoms with Crippen LogP contribution in [0.2, 0.25) is 0 Å². The molecule has 3 fully saturated rings. The molecule has 3 aliphatic rings. The molecule has 1 N–H and O–H groups in total. The van der Waals surface area contributed by atoms with Crippen LogP contribution in [0.4, 0.5) is 0 Å². The van der Waals surface area contributed by atoms with Crippen molar-refractivity contribution in [3.8, 4) is 0 Å². The summed E-state index contributed by atoms with van der Waals surface area (Å²) >= 11 is 0. The van der Waals surface area contributed by atoms with E-state index in [1.54, 1.807) is 0 Å². The number of hydrogen-bond acceptors (Lipinski definition) is 5. The number of piperazine rings is 1. The molecule has 3 rings (SSSR count). The smallest absolute Gasteiger partial charge is 0.237 e. The highest BCUT2D eigenvalue weighted by Crippen LogP contribution is 2.18. The van der Waals surface area contributed by atoms with Crippen LogP contribution in [0.15, 0.2) is 0 Å². The molecule has 3 saturated heterocycles. The average molecular weight is 352 g/mol. The van der Waals surface area contributed by atoms with E-state index in [1.165, 1.54) is 0 Å². The van der Waals surface area contributed by atoms with Gasteiger partial charge in [0.1, 0.15) is 0 Å². The Kier molecular flexibility index (Phi) is 6.67. The highest BCUT2D eigenvalue weighted by molar-refractivity contribution is 5.88. The Morgan fingerprint density at radius 1 is 1.16 bits per heavy atom. The van der Waals surface area contributed by atoms with Crippen molar-refractivity contribution in [3.05, 3.63) is 0 Å². The Balaban J connectivity index is 1.52. The molecular weight excluding hydrogens is 320 g/mol. The van der Waals surface area contributed by atoms with Crippen LogP contribution < -0.4 is 5.32 Å². The Morgan fingerprint density at radius 3 is 2.72 bits per heavy atom. The molecule has 3 aliphatic heterocycles. The van der Waals surface area contributed by atoms with Gasteiger partial charge in [-0.2, -0.15) is 0 Å². The fourth-order valence-electron chi connectivity index (χ4n) is 4.26. The van der Waals surface area contributed by atoms with Gasteiger partial charge in [-0.1, -0.05) is 6.92 Å². The first kappa shape index (κ1) is 18.6. The van der Waals surface area contributed by atoms with E-state index in [-0.39, 0.29) is 17.9 Å². The van der Waals surface area contributed by atoms with Crippen LogP contribution in [-0.4, -0.2) is 97.6 Å². The predicted octanol–water partition coefficient (Wildman–Crippen LogP) is -0.0899. The second kappa shape index (κ2) is 8.96. The summed E-state index contributed by atoms with van der Waals surface area (Å²) in [4.78, 5) is 31.6. The van der Waals surface area contributed by atoms with Crippen LogP contribution in [0.1, 0.15) is 32.6 Å². The van der Waals surface area contributed by atoms with Gasteiger partial charge in [-0.05, 0) is 25.8 Å². The maximum atomic E-state index is 12.8. The second-order valence-corrected chi connectivity index (χ2v) is 7.25. The van der Waals surface area contributed by atoms with Gasteiger partial charge < -0.3 is 15.0 Å². The van der Waals surface area contributed by atoms with E-state index in [0.29, 0.717) is 19.0 Å². The van der Waals surface area contributed by atoms with E-state index < -0.39 is 0 Å². The number of carbonyl (C=O) groups is 2. The molecule has 1 unspecified atom stereocenters. The van der Waals surface area contributed by atoms with E-state index >= 15 is 0 Å². The summed E-state index contributed by atoms with van der Waals surface area (Å²) in [6, 6.07) is 0.296. The monoisotopic (exact) mass is 352 g/mol. The molecule has 1 atom stereocenters. The molecule has 25 heavy (non-hydrogen) atoms. The van der Waals surface area contributed by atoms with Crippen LogP contribution in [-0.2, 0) is 14.3 Å².